The number of benzene rings is 3. The molecule has 5 heteroatoms. The van der Waals surface area contributed by atoms with Gasteiger partial charge in [-0.25, -0.2) is 0 Å². The Labute approximate surface area is 225 Å². The van der Waals surface area contributed by atoms with Crippen molar-refractivity contribution in [3.8, 4) is 0 Å². The van der Waals surface area contributed by atoms with Crippen LogP contribution in [0.4, 0.5) is 0 Å². The molecule has 37 heavy (non-hydrogen) atoms. The van der Waals surface area contributed by atoms with E-state index in [-0.39, 0.29) is 24.5 Å². The minimum Gasteiger partial charge on any atom is -0.455 e. The van der Waals surface area contributed by atoms with E-state index in [4.69, 9.17) is 4.42 Å². The highest BCUT2D eigenvalue weighted by molar-refractivity contribution is 7.98. The average Bonchev–Trinajstić information content (AvgIpc) is 3.36. The van der Waals surface area contributed by atoms with Gasteiger partial charge in [-0.15, -0.1) is 11.8 Å². The van der Waals surface area contributed by atoms with E-state index in [0.29, 0.717) is 5.75 Å². The van der Waals surface area contributed by atoms with Crippen molar-refractivity contribution in [2.24, 2.45) is 0 Å². The minimum absolute atomic E-state index is 0. The van der Waals surface area contributed by atoms with Crippen LogP contribution in [0.2, 0.25) is 0 Å². The summed E-state index contributed by atoms with van der Waals surface area (Å²) < 4.78 is 5.91. The van der Waals surface area contributed by atoms with Crippen LogP contribution in [0.15, 0.2) is 100 Å². The molecule has 0 radical (unpaired) electrons. The number of aryl methyl sites for hydroxylation is 1. The van der Waals surface area contributed by atoms with E-state index in [9.17, 15) is 9.90 Å². The fourth-order valence-corrected chi connectivity index (χ4v) is 4.97. The predicted octanol–water partition coefficient (Wildman–Crippen LogP) is 8.02. The third kappa shape index (κ3) is 7.15. The molecule has 0 aliphatic heterocycles. The smallest absolute Gasteiger partial charge is 0.287 e. The monoisotopic (exact) mass is 515 g/mol. The van der Waals surface area contributed by atoms with Crippen LogP contribution in [0, 0.1) is 6.92 Å². The van der Waals surface area contributed by atoms with Crippen molar-refractivity contribution >= 4 is 17.7 Å². The van der Waals surface area contributed by atoms with Gasteiger partial charge in [-0.3, -0.25) is 4.79 Å². The summed E-state index contributed by atoms with van der Waals surface area (Å²) in [7, 11) is 0. The van der Waals surface area contributed by atoms with E-state index in [0.717, 1.165) is 16.9 Å². The molecule has 0 aliphatic carbocycles. The van der Waals surface area contributed by atoms with Crippen molar-refractivity contribution in [2.45, 2.75) is 63.3 Å². The van der Waals surface area contributed by atoms with E-state index in [1.165, 1.54) is 16.0 Å². The Balaban J connectivity index is 0.00000380. The number of carbonyl (C=O) groups is 1. The second-order valence-electron chi connectivity index (χ2n) is 10.0. The molecule has 4 nitrogen and oxygen atoms in total. The number of aliphatic hydroxyl groups excluding tert-OH is 1. The van der Waals surface area contributed by atoms with E-state index in [1.807, 2.05) is 66.7 Å². The lowest BCUT2D eigenvalue weighted by molar-refractivity contribution is 0.0805. The van der Waals surface area contributed by atoms with Crippen molar-refractivity contribution in [1.82, 2.24) is 5.32 Å². The summed E-state index contributed by atoms with van der Waals surface area (Å²) in [5.74, 6) is 1.22. The van der Waals surface area contributed by atoms with Gasteiger partial charge in [-0.1, -0.05) is 101 Å². The Kier molecular flexibility index (Phi) is 9.41. The van der Waals surface area contributed by atoms with Crippen LogP contribution < -0.4 is 5.32 Å². The maximum absolute atomic E-state index is 13.1. The number of aliphatic hydroxyl groups is 1. The molecule has 2 N–H and O–H groups in total. The number of hydrogen-bond donors (Lipinski definition) is 2. The molecular weight excluding hydrogens is 478 g/mol. The quantitative estimate of drug-likeness (QED) is 0.233. The van der Waals surface area contributed by atoms with Crippen LogP contribution in [-0.4, -0.2) is 11.0 Å². The van der Waals surface area contributed by atoms with Crippen LogP contribution in [0.3, 0.4) is 0 Å². The van der Waals surface area contributed by atoms with Gasteiger partial charge < -0.3 is 14.8 Å². The van der Waals surface area contributed by atoms with Crippen molar-refractivity contribution in [3.05, 3.63) is 125 Å². The lowest BCUT2D eigenvalue weighted by Gasteiger charge is -2.24. The third-order valence-electron chi connectivity index (χ3n) is 6.21. The summed E-state index contributed by atoms with van der Waals surface area (Å²) in [4.78, 5) is 14.3. The highest BCUT2D eigenvalue weighted by Gasteiger charge is 2.26. The maximum Gasteiger partial charge on any atom is 0.287 e. The lowest BCUT2D eigenvalue weighted by Crippen LogP contribution is -2.32. The zero-order valence-corrected chi connectivity index (χ0v) is 22.0. The Morgan fingerprint density at radius 2 is 1.54 bits per heavy atom. The first-order chi connectivity index (χ1) is 17.2. The third-order valence-corrected chi connectivity index (χ3v) is 7.39. The minimum atomic E-state index is -0.902. The summed E-state index contributed by atoms with van der Waals surface area (Å²) in [6, 6.07) is 28.3. The van der Waals surface area contributed by atoms with Gasteiger partial charge in [0, 0.05) is 4.90 Å². The van der Waals surface area contributed by atoms with Gasteiger partial charge in [0.25, 0.3) is 5.91 Å². The van der Waals surface area contributed by atoms with Gasteiger partial charge in [-0.2, -0.15) is 0 Å². The van der Waals surface area contributed by atoms with Gasteiger partial charge in [0.1, 0.15) is 11.9 Å². The van der Waals surface area contributed by atoms with Gasteiger partial charge in [0.2, 0.25) is 0 Å². The molecule has 0 bridgehead atoms. The zero-order chi connectivity index (χ0) is 25.7. The molecule has 0 saturated heterocycles. The van der Waals surface area contributed by atoms with Crippen LogP contribution >= 0.6 is 11.8 Å². The molecule has 1 amide bonds. The largest absolute Gasteiger partial charge is 0.455 e. The van der Waals surface area contributed by atoms with Crippen LogP contribution in [0.5, 0.6) is 0 Å². The summed E-state index contributed by atoms with van der Waals surface area (Å²) in [6.45, 7) is 8.74. The fraction of sp³-hybridized carbons (Fsp3) is 0.281. The Bertz CT molecular complexity index is 1290. The van der Waals surface area contributed by atoms with Crippen LogP contribution in [0.25, 0.3) is 0 Å². The molecule has 1 heterocycles. The Morgan fingerprint density at radius 3 is 2.16 bits per heavy atom. The molecule has 0 aliphatic rings. The van der Waals surface area contributed by atoms with E-state index in [1.54, 1.807) is 17.8 Å². The van der Waals surface area contributed by atoms with E-state index < -0.39 is 12.1 Å². The lowest BCUT2D eigenvalue weighted by atomic mass is 9.87. The molecule has 4 rings (SSSR count). The second kappa shape index (κ2) is 12.3. The Hall–Kier alpha value is -3.28. The van der Waals surface area contributed by atoms with Gasteiger partial charge in [0.05, 0.1) is 11.8 Å². The highest BCUT2D eigenvalue weighted by Crippen LogP contribution is 2.32. The topological polar surface area (TPSA) is 62.5 Å². The van der Waals surface area contributed by atoms with Gasteiger partial charge >= 0.3 is 0 Å². The molecule has 0 fully saturated rings. The summed E-state index contributed by atoms with van der Waals surface area (Å²) in [6.07, 6.45) is -0.902. The number of hydrogen-bond acceptors (Lipinski definition) is 4. The van der Waals surface area contributed by atoms with Crippen molar-refractivity contribution in [2.75, 3.05) is 0 Å². The summed E-state index contributed by atoms with van der Waals surface area (Å²) >= 11 is 1.70. The molecule has 4 aromatic rings. The zero-order valence-electron chi connectivity index (χ0n) is 21.2. The van der Waals surface area contributed by atoms with Crippen molar-refractivity contribution < 1.29 is 14.3 Å². The number of amides is 1. The first-order valence-electron chi connectivity index (χ1n) is 12.1. The van der Waals surface area contributed by atoms with Gasteiger partial charge in [0.15, 0.2) is 5.76 Å². The number of thioether (sulfide) groups is 1. The van der Waals surface area contributed by atoms with Crippen molar-refractivity contribution in [3.63, 3.8) is 0 Å². The molecule has 1 aromatic heterocycles. The standard InChI is InChI=1S/C31H33NO3S.CH4/c1-21-15-16-24(31(2,3)4)19-27(21)36-20-25-17-18-26(35-25)30(34)32-28(22-11-7-5-8-12-22)29(33)23-13-9-6-10-14-23;/h5-19,28-29,33H,20H2,1-4H3,(H,32,34);1H4/t28-,29+;/m0./s1. The van der Waals surface area contributed by atoms with Crippen molar-refractivity contribution in [1.29, 1.82) is 0 Å². The number of furan rings is 1. The second-order valence-corrected chi connectivity index (χ2v) is 11.0. The summed E-state index contributed by atoms with van der Waals surface area (Å²) in [5, 5.41) is 14.1. The highest BCUT2D eigenvalue weighted by atomic mass is 32.2. The SMILES string of the molecule is C.Cc1ccc(C(C)(C)C)cc1SCc1ccc(C(=O)N[C@@H](c2ccccc2)[C@H](O)c2ccccc2)o1. The van der Waals surface area contributed by atoms with Crippen LogP contribution in [-0.2, 0) is 11.2 Å². The maximum atomic E-state index is 13.1. The van der Waals surface area contributed by atoms with E-state index in [2.05, 4.69) is 51.2 Å². The first-order valence-corrected chi connectivity index (χ1v) is 13.1. The van der Waals surface area contributed by atoms with Gasteiger partial charge in [-0.05, 0) is 52.8 Å². The molecule has 194 valence electrons. The predicted molar refractivity (Wildman–Crippen MR) is 153 cm³/mol. The molecule has 0 saturated carbocycles. The first kappa shape index (κ1) is 28.3. The average molecular weight is 516 g/mol. The molecule has 0 spiro atoms. The number of carbonyl (C=O) groups excluding carboxylic acids is 1. The fourth-order valence-electron chi connectivity index (χ4n) is 4.01. The number of rotatable bonds is 8. The molecule has 0 unspecified atom stereocenters. The van der Waals surface area contributed by atoms with E-state index >= 15 is 0 Å². The number of nitrogens with one attached hydrogen (secondary N) is 1. The Morgan fingerprint density at radius 1 is 0.919 bits per heavy atom. The summed E-state index contributed by atoms with van der Waals surface area (Å²) in [5.41, 5.74) is 4.14. The molecule has 3 aromatic carbocycles. The molecule has 2 atom stereocenters. The van der Waals surface area contributed by atoms with Crippen LogP contribution in [0.1, 0.15) is 78.9 Å². The molecular formula is C32H37NO3S. The normalized spacial score (nSPS) is 12.9.